The molecule has 428 valence electrons. The summed E-state index contributed by atoms with van der Waals surface area (Å²) in [5, 5.41) is 0. The second-order valence-corrected chi connectivity index (χ2v) is 21.3. The van der Waals surface area contributed by atoms with Gasteiger partial charge in [0, 0.05) is 19.3 Å². The third kappa shape index (κ3) is 59.7. The summed E-state index contributed by atoms with van der Waals surface area (Å²) in [6, 6.07) is 0. The number of hydrogen-bond donors (Lipinski definition) is 0. The van der Waals surface area contributed by atoms with Gasteiger partial charge in [-0.05, 0) is 103 Å². The minimum absolute atomic E-state index is 0.0779. The molecule has 0 rings (SSSR count). The maximum Gasteiger partial charge on any atom is 0.306 e. The monoisotopic (exact) mass is 1030 g/mol. The van der Waals surface area contributed by atoms with Crippen molar-refractivity contribution in [3.05, 3.63) is 72.9 Å². The van der Waals surface area contributed by atoms with Crippen LogP contribution in [0.15, 0.2) is 72.9 Å². The molecule has 0 saturated heterocycles. The van der Waals surface area contributed by atoms with Crippen molar-refractivity contribution in [2.75, 3.05) is 13.2 Å². The number of rotatable bonds is 58. The zero-order chi connectivity index (χ0) is 53.6. The van der Waals surface area contributed by atoms with Gasteiger partial charge in [-0.25, -0.2) is 0 Å². The molecule has 1 unspecified atom stereocenters. The number of carbonyl (C=O) groups is 3. The molecular formula is C68H120O6. The lowest BCUT2D eigenvalue weighted by atomic mass is 10.0. The van der Waals surface area contributed by atoms with Crippen molar-refractivity contribution in [3.63, 3.8) is 0 Å². The van der Waals surface area contributed by atoms with Gasteiger partial charge in [-0.1, -0.05) is 273 Å². The van der Waals surface area contributed by atoms with Crippen molar-refractivity contribution in [1.29, 1.82) is 0 Å². The van der Waals surface area contributed by atoms with E-state index < -0.39 is 6.10 Å². The molecule has 0 aliphatic rings. The molecule has 6 nitrogen and oxygen atoms in total. The quantitative estimate of drug-likeness (QED) is 0.0261. The first kappa shape index (κ1) is 70.8. The van der Waals surface area contributed by atoms with E-state index in [9.17, 15) is 14.4 Å². The van der Waals surface area contributed by atoms with Gasteiger partial charge in [-0.2, -0.15) is 0 Å². The molecule has 0 aromatic heterocycles. The van der Waals surface area contributed by atoms with Crippen LogP contribution in [0.4, 0.5) is 0 Å². The van der Waals surface area contributed by atoms with Crippen LogP contribution in [0.2, 0.25) is 0 Å². The molecule has 0 aliphatic carbocycles. The van der Waals surface area contributed by atoms with Gasteiger partial charge in [0.15, 0.2) is 6.10 Å². The van der Waals surface area contributed by atoms with Gasteiger partial charge in [0.2, 0.25) is 0 Å². The molecule has 0 aromatic carbocycles. The van der Waals surface area contributed by atoms with Gasteiger partial charge < -0.3 is 14.2 Å². The van der Waals surface area contributed by atoms with Crippen LogP contribution in [-0.2, 0) is 28.6 Å². The van der Waals surface area contributed by atoms with Gasteiger partial charge in [-0.15, -0.1) is 0 Å². The van der Waals surface area contributed by atoms with E-state index in [1.165, 1.54) is 186 Å². The lowest BCUT2D eigenvalue weighted by molar-refractivity contribution is -0.167. The van der Waals surface area contributed by atoms with E-state index in [1.54, 1.807) is 0 Å². The van der Waals surface area contributed by atoms with Gasteiger partial charge in [-0.3, -0.25) is 14.4 Å². The third-order valence-corrected chi connectivity index (χ3v) is 13.9. The standard InChI is InChI=1S/C68H120O6/c1-4-7-10-13-16-19-22-24-26-28-30-32-33-34-35-37-38-40-42-44-46-49-52-55-58-61-67(70)73-64-65(63-72-66(69)60-57-54-51-48-21-18-15-12-9-6-3)74-68(71)62-59-56-53-50-47-45-43-41-39-36-31-29-27-25-23-20-17-14-11-8-5-2/h7,10,12,15-16,19,24,26,29-32,65H,4-6,8-9,11,13-14,17-18,20-23,25,27-28,33-64H2,1-3H3/b10-7-,15-12-,19-16-,26-24-,31-29-,32-30-. The SMILES string of the molecule is CC/C=C\C/C=C\C/C=C\C/C=C\CCCCCCCCCCCCCCC(=O)OCC(COC(=O)CCCCCCC/C=C\CCC)OC(=O)CCCCCCCCCCC/C=C\CCCCCCCCCC. The first-order valence-electron chi connectivity index (χ1n) is 31.9. The third-order valence-electron chi connectivity index (χ3n) is 13.9. The van der Waals surface area contributed by atoms with Crippen LogP contribution in [0.3, 0.4) is 0 Å². The molecule has 0 radical (unpaired) electrons. The Morgan fingerprint density at radius 3 is 0.892 bits per heavy atom. The van der Waals surface area contributed by atoms with Crippen LogP contribution < -0.4 is 0 Å². The number of hydrogen-bond acceptors (Lipinski definition) is 6. The summed E-state index contributed by atoms with van der Waals surface area (Å²) in [7, 11) is 0. The Morgan fingerprint density at radius 2 is 0.554 bits per heavy atom. The maximum atomic E-state index is 12.9. The van der Waals surface area contributed by atoms with Crippen molar-refractivity contribution >= 4 is 17.9 Å². The Morgan fingerprint density at radius 1 is 0.284 bits per heavy atom. The topological polar surface area (TPSA) is 78.9 Å². The molecule has 0 saturated carbocycles. The van der Waals surface area contributed by atoms with Crippen LogP contribution >= 0.6 is 0 Å². The first-order valence-corrected chi connectivity index (χ1v) is 31.9. The minimum atomic E-state index is -0.780. The molecule has 0 heterocycles. The van der Waals surface area contributed by atoms with Crippen molar-refractivity contribution in [2.45, 2.75) is 329 Å². The summed E-state index contributed by atoms with van der Waals surface area (Å²) in [6.45, 7) is 6.49. The number of carbonyl (C=O) groups excluding carboxylic acids is 3. The van der Waals surface area contributed by atoms with Crippen molar-refractivity contribution < 1.29 is 28.6 Å². The van der Waals surface area contributed by atoms with E-state index in [4.69, 9.17) is 14.2 Å². The summed E-state index contributed by atoms with van der Waals surface area (Å²) in [4.78, 5) is 38.2. The van der Waals surface area contributed by atoms with E-state index in [2.05, 4.69) is 93.7 Å². The predicted molar refractivity (Wildman–Crippen MR) is 321 cm³/mol. The lowest BCUT2D eigenvalue weighted by Crippen LogP contribution is -2.30. The van der Waals surface area contributed by atoms with Crippen molar-refractivity contribution in [1.82, 2.24) is 0 Å². The summed E-state index contributed by atoms with van der Waals surface area (Å²) in [5.41, 5.74) is 0. The second kappa shape index (κ2) is 62.4. The highest BCUT2D eigenvalue weighted by atomic mass is 16.6. The number of allylic oxidation sites excluding steroid dienone is 12. The van der Waals surface area contributed by atoms with Crippen LogP contribution in [0.25, 0.3) is 0 Å². The summed E-state index contributed by atoms with van der Waals surface area (Å²) in [6.07, 6.45) is 80.6. The molecule has 0 spiro atoms. The highest BCUT2D eigenvalue weighted by Crippen LogP contribution is 2.17. The summed E-state index contributed by atoms with van der Waals surface area (Å²) in [5.74, 6) is -0.880. The van der Waals surface area contributed by atoms with Gasteiger partial charge in [0.25, 0.3) is 0 Å². The Bertz CT molecular complexity index is 1370. The van der Waals surface area contributed by atoms with Crippen molar-refractivity contribution in [2.24, 2.45) is 0 Å². The highest BCUT2D eigenvalue weighted by Gasteiger charge is 2.19. The van der Waals surface area contributed by atoms with E-state index in [0.29, 0.717) is 19.3 Å². The maximum absolute atomic E-state index is 12.9. The van der Waals surface area contributed by atoms with Gasteiger partial charge in [0.05, 0.1) is 0 Å². The minimum Gasteiger partial charge on any atom is -0.462 e. The molecule has 0 amide bonds. The fourth-order valence-corrected chi connectivity index (χ4v) is 9.14. The highest BCUT2D eigenvalue weighted by molar-refractivity contribution is 5.71. The van der Waals surface area contributed by atoms with Crippen LogP contribution in [-0.4, -0.2) is 37.2 Å². The zero-order valence-electron chi connectivity index (χ0n) is 49.1. The number of ether oxygens (including phenoxy) is 3. The lowest BCUT2D eigenvalue weighted by Gasteiger charge is -2.18. The van der Waals surface area contributed by atoms with Crippen molar-refractivity contribution in [3.8, 4) is 0 Å². The Labute approximate surface area is 459 Å². The average molecular weight is 1030 g/mol. The first-order chi connectivity index (χ1) is 36.5. The molecule has 0 fully saturated rings. The molecule has 0 N–H and O–H groups in total. The Hall–Kier alpha value is -3.15. The normalized spacial score (nSPS) is 12.5. The number of esters is 3. The molecular weight excluding hydrogens is 913 g/mol. The molecule has 74 heavy (non-hydrogen) atoms. The molecule has 0 bridgehead atoms. The van der Waals surface area contributed by atoms with Crippen LogP contribution in [0.1, 0.15) is 323 Å². The predicted octanol–water partition coefficient (Wildman–Crippen LogP) is 21.7. The largest absolute Gasteiger partial charge is 0.462 e. The van der Waals surface area contributed by atoms with E-state index in [0.717, 1.165) is 96.3 Å². The van der Waals surface area contributed by atoms with Crippen LogP contribution in [0.5, 0.6) is 0 Å². The number of unbranched alkanes of at least 4 members (excludes halogenated alkanes) is 35. The van der Waals surface area contributed by atoms with E-state index in [-0.39, 0.29) is 31.1 Å². The Kier molecular flexibility index (Phi) is 59.7. The fourth-order valence-electron chi connectivity index (χ4n) is 9.14. The van der Waals surface area contributed by atoms with Gasteiger partial charge in [0.1, 0.15) is 13.2 Å². The Balaban J connectivity index is 4.23. The van der Waals surface area contributed by atoms with E-state index >= 15 is 0 Å². The summed E-state index contributed by atoms with van der Waals surface area (Å²) >= 11 is 0. The second-order valence-electron chi connectivity index (χ2n) is 21.3. The smallest absolute Gasteiger partial charge is 0.306 e. The zero-order valence-corrected chi connectivity index (χ0v) is 49.1. The molecule has 6 heteroatoms. The van der Waals surface area contributed by atoms with E-state index in [1.807, 2.05) is 0 Å². The van der Waals surface area contributed by atoms with Crippen LogP contribution in [0, 0.1) is 0 Å². The fraction of sp³-hybridized carbons (Fsp3) is 0.779. The van der Waals surface area contributed by atoms with Gasteiger partial charge >= 0.3 is 17.9 Å². The molecule has 1 atom stereocenters. The molecule has 0 aliphatic heterocycles. The average Bonchev–Trinajstić information content (AvgIpc) is 3.40. The molecule has 0 aromatic rings. The summed E-state index contributed by atoms with van der Waals surface area (Å²) < 4.78 is 16.9.